The van der Waals surface area contributed by atoms with Crippen LogP contribution in [-0.4, -0.2) is 33.2 Å². The van der Waals surface area contributed by atoms with Gasteiger partial charge in [-0.05, 0) is 11.1 Å². The molecule has 0 atom stereocenters. The minimum Gasteiger partial charge on any atom is -0.374 e. The van der Waals surface area contributed by atoms with Crippen LogP contribution in [0.15, 0.2) is 60.7 Å². The van der Waals surface area contributed by atoms with E-state index in [9.17, 15) is 21.6 Å². The number of alkyl halides is 3. The van der Waals surface area contributed by atoms with Gasteiger partial charge in [-0.25, -0.2) is 4.89 Å². The van der Waals surface area contributed by atoms with Gasteiger partial charge >= 0.3 is 15.6 Å². The van der Waals surface area contributed by atoms with Crippen molar-refractivity contribution in [3.05, 3.63) is 71.8 Å². The fraction of sp³-hybridized carbons (Fsp3) is 0.333. The van der Waals surface area contributed by atoms with Gasteiger partial charge in [-0.2, -0.15) is 21.6 Å². The maximum atomic E-state index is 12.4. The molecule has 0 aliphatic heterocycles. The molecule has 0 N–H and O–H groups in total. The van der Waals surface area contributed by atoms with Crippen molar-refractivity contribution in [1.29, 1.82) is 0 Å². The first-order valence-electron chi connectivity index (χ1n) is 8.17. The summed E-state index contributed by atoms with van der Waals surface area (Å²) in [4.78, 5) is 4.45. The van der Waals surface area contributed by atoms with Crippen LogP contribution in [0.25, 0.3) is 0 Å². The molecule has 0 saturated carbocycles. The Morgan fingerprint density at radius 1 is 0.786 bits per heavy atom. The number of hydrogen-bond donors (Lipinski definition) is 0. The zero-order chi connectivity index (χ0) is 20.5. The van der Waals surface area contributed by atoms with Gasteiger partial charge in [0.15, 0.2) is 0 Å². The third kappa shape index (κ3) is 7.56. The third-order valence-electron chi connectivity index (χ3n) is 3.38. The average molecular weight is 420 g/mol. The number of ether oxygens (including phenoxy) is 2. The molecule has 10 heteroatoms. The van der Waals surface area contributed by atoms with Crippen LogP contribution in [0.1, 0.15) is 11.1 Å². The predicted molar refractivity (Wildman–Crippen MR) is 93.1 cm³/mol. The topological polar surface area (TPSA) is 71.1 Å². The van der Waals surface area contributed by atoms with Crippen molar-refractivity contribution in [2.24, 2.45) is 0 Å². The predicted octanol–water partition coefficient (Wildman–Crippen LogP) is 3.59. The molecule has 0 heterocycles. The zero-order valence-electron chi connectivity index (χ0n) is 14.7. The van der Waals surface area contributed by atoms with E-state index in [0.29, 0.717) is 0 Å². The Bertz CT molecular complexity index is 752. The summed E-state index contributed by atoms with van der Waals surface area (Å²) in [5, 5.41) is 0. The lowest BCUT2D eigenvalue weighted by atomic mass is 10.2. The van der Waals surface area contributed by atoms with Crippen LogP contribution >= 0.6 is 0 Å². The van der Waals surface area contributed by atoms with Crippen molar-refractivity contribution in [1.82, 2.24) is 0 Å². The van der Waals surface area contributed by atoms with Gasteiger partial charge in [0.25, 0.3) is 0 Å². The first-order chi connectivity index (χ1) is 13.3. The van der Waals surface area contributed by atoms with Gasteiger partial charge in [0, 0.05) is 0 Å². The summed E-state index contributed by atoms with van der Waals surface area (Å²) in [6.07, 6.45) is -1.19. The summed E-state index contributed by atoms with van der Waals surface area (Å²) in [5.74, 6) is 0. The Morgan fingerprint density at radius 2 is 1.21 bits per heavy atom. The Morgan fingerprint density at radius 3 is 1.61 bits per heavy atom. The largest absolute Gasteiger partial charge is 0.525 e. The normalized spacial score (nSPS) is 12.4. The first kappa shape index (κ1) is 22.3. The van der Waals surface area contributed by atoms with Crippen LogP contribution < -0.4 is 0 Å². The fourth-order valence-electron chi connectivity index (χ4n) is 2.01. The van der Waals surface area contributed by atoms with E-state index in [1.54, 1.807) is 48.5 Å². The van der Waals surface area contributed by atoms with Crippen molar-refractivity contribution in [3.63, 3.8) is 0 Å². The van der Waals surface area contributed by atoms with Crippen LogP contribution in [0.2, 0.25) is 0 Å². The molecule has 6 nitrogen and oxygen atoms in total. The number of hydrogen-bond acceptors (Lipinski definition) is 6. The molecular weight excluding hydrogens is 401 g/mol. The summed E-state index contributed by atoms with van der Waals surface area (Å²) in [7, 11) is -5.88. The van der Waals surface area contributed by atoms with E-state index in [-0.39, 0.29) is 26.4 Å². The molecule has 0 unspecified atom stereocenters. The molecule has 0 fully saturated rings. The molecule has 2 aromatic rings. The van der Waals surface area contributed by atoms with Gasteiger partial charge in [-0.3, -0.25) is 0 Å². The molecular formula is C18H19F3O6S. The second-order valence-corrected chi connectivity index (χ2v) is 7.19. The molecule has 0 amide bonds. The molecule has 0 spiro atoms. The minimum atomic E-state index is -5.88. The standard InChI is InChI=1S/C18H19F3O6S/c19-18(20,21)28(22,23)27-26-17(13-24-11-15-7-3-1-4-8-15)14-25-12-16-9-5-2-6-10-16/h1-10,17H,11-14H2. The van der Waals surface area contributed by atoms with E-state index in [1.165, 1.54) is 0 Å². The summed E-state index contributed by atoms with van der Waals surface area (Å²) in [6.45, 7) is -0.162. The Kier molecular flexibility index (Phi) is 8.39. The second kappa shape index (κ2) is 10.5. The summed E-state index contributed by atoms with van der Waals surface area (Å²) >= 11 is 0. The smallest absolute Gasteiger partial charge is 0.374 e. The van der Waals surface area contributed by atoms with Crippen LogP contribution in [0.5, 0.6) is 0 Å². The zero-order valence-corrected chi connectivity index (χ0v) is 15.5. The fourth-order valence-corrected chi connectivity index (χ4v) is 2.31. The molecule has 154 valence electrons. The Hall–Kier alpha value is -1.98. The lowest BCUT2D eigenvalue weighted by Crippen LogP contribution is -2.31. The van der Waals surface area contributed by atoms with E-state index < -0.39 is 21.7 Å². The van der Waals surface area contributed by atoms with Crippen molar-refractivity contribution in [2.45, 2.75) is 24.8 Å². The van der Waals surface area contributed by atoms with E-state index in [0.717, 1.165) is 11.1 Å². The van der Waals surface area contributed by atoms with Gasteiger partial charge in [0.1, 0.15) is 6.10 Å². The van der Waals surface area contributed by atoms with E-state index in [4.69, 9.17) is 9.47 Å². The monoisotopic (exact) mass is 420 g/mol. The minimum absolute atomic E-state index is 0.158. The lowest BCUT2D eigenvalue weighted by molar-refractivity contribution is -0.270. The SMILES string of the molecule is O=S(=O)(OOC(COCc1ccccc1)COCc1ccccc1)C(F)(F)F. The van der Waals surface area contributed by atoms with Crippen molar-refractivity contribution >= 4 is 10.1 Å². The first-order valence-corrected chi connectivity index (χ1v) is 9.58. The highest BCUT2D eigenvalue weighted by atomic mass is 32.2. The van der Waals surface area contributed by atoms with Gasteiger partial charge < -0.3 is 9.47 Å². The van der Waals surface area contributed by atoms with E-state index in [1.807, 2.05) is 12.1 Å². The Labute approximate surface area is 160 Å². The molecule has 2 aromatic carbocycles. The van der Waals surface area contributed by atoms with Crippen molar-refractivity contribution in [3.8, 4) is 0 Å². The number of rotatable bonds is 11. The van der Waals surface area contributed by atoms with Crippen LogP contribution in [0.3, 0.4) is 0 Å². The van der Waals surface area contributed by atoms with Crippen LogP contribution in [0, 0.1) is 0 Å². The quantitative estimate of drug-likeness (QED) is 0.314. The molecule has 0 aromatic heterocycles. The highest BCUT2D eigenvalue weighted by molar-refractivity contribution is 7.87. The highest BCUT2D eigenvalue weighted by Crippen LogP contribution is 2.25. The molecule has 28 heavy (non-hydrogen) atoms. The third-order valence-corrected chi connectivity index (χ3v) is 4.20. The number of benzene rings is 2. The molecule has 0 aliphatic carbocycles. The molecule has 0 saturated heterocycles. The highest BCUT2D eigenvalue weighted by Gasteiger charge is 2.48. The van der Waals surface area contributed by atoms with Crippen molar-refractivity contribution < 1.29 is 40.3 Å². The van der Waals surface area contributed by atoms with Gasteiger partial charge in [0.05, 0.1) is 26.4 Å². The molecule has 2 rings (SSSR count). The molecule has 0 radical (unpaired) electrons. The summed E-state index contributed by atoms with van der Waals surface area (Å²) < 4.78 is 73.5. The van der Waals surface area contributed by atoms with Gasteiger partial charge in [-0.15, -0.1) is 0 Å². The molecule has 0 bridgehead atoms. The van der Waals surface area contributed by atoms with Crippen molar-refractivity contribution in [2.75, 3.05) is 13.2 Å². The van der Waals surface area contributed by atoms with Gasteiger partial charge in [-0.1, -0.05) is 65.0 Å². The van der Waals surface area contributed by atoms with E-state index >= 15 is 0 Å². The number of halogens is 3. The maximum Gasteiger partial charge on any atom is 0.525 e. The van der Waals surface area contributed by atoms with Crippen LogP contribution in [0.4, 0.5) is 13.2 Å². The van der Waals surface area contributed by atoms with Crippen LogP contribution in [-0.2, 0) is 42.0 Å². The summed E-state index contributed by atoms with van der Waals surface area (Å²) in [6, 6.07) is 18.0. The Balaban J connectivity index is 1.88. The summed E-state index contributed by atoms with van der Waals surface area (Å²) in [5.41, 5.74) is -3.93. The maximum absolute atomic E-state index is 12.4. The molecule has 0 aliphatic rings. The lowest BCUT2D eigenvalue weighted by Gasteiger charge is -2.17. The van der Waals surface area contributed by atoms with Gasteiger partial charge in [0.2, 0.25) is 0 Å². The second-order valence-electron chi connectivity index (χ2n) is 5.69. The average Bonchev–Trinajstić information content (AvgIpc) is 2.66. The van der Waals surface area contributed by atoms with E-state index in [2.05, 4.69) is 9.22 Å².